The van der Waals surface area contributed by atoms with Crippen molar-refractivity contribution in [1.82, 2.24) is 5.32 Å². The lowest BCUT2D eigenvalue weighted by Crippen LogP contribution is -2.41. The van der Waals surface area contributed by atoms with Crippen LogP contribution in [0.4, 0.5) is 10.5 Å². The molecule has 0 aliphatic carbocycles. The lowest BCUT2D eigenvalue weighted by molar-refractivity contribution is -0.117. The molecule has 0 spiro atoms. The lowest BCUT2D eigenvalue weighted by atomic mass is 10.2. The first-order valence-corrected chi connectivity index (χ1v) is 4.95. The van der Waals surface area contributed by atoms with Crippen LogP contribution in [0.5, 0.6) is 0 Å². The highest BCUT2D eigenvalue weighted by Crippen LogP contribution is 2.16. The number of para-hydroxylation sites is 1. The van der Waals surface area contributed by atoms with E-state index in [1.165, 1.54) is 4.90 Å². The second-order valence-corrected chi connectivity index (χ2v) is 3.40. The van der Waals surface area contributed by atoms with Gasteiger partial charge in [0.2, 0.25) is 5.91 Å². The first kappa shape index (κ1) is 9.71. The molecule has 1 aliphatic heterocycles. The van der Waals surface area contributed by atoms with Crippen LogP contribution in [0.15, 0.2) is 30.3 Å². The Labute approximate surface area is 87.9 Å². The fourth-order valence-electron chi connectivity index (χ4n) is 1.58. The van der Waals surface area contributed by atoms with Gasteiger partial charge in [-0.1, -0.05) is 18.2 Å². The number of rotatable bonds is 1. The molecule has 1 fully saturated rings. The molecule has 0 bridgehead atoms. The molecule has 1 aromatic carbocycles. The summed E-state index contributed by atoms with van der Waals surface area (Å²) in [5.41, 5.74) is 0.627. The van der Waals surface area contributed by atoms with Crippen LogP contribution < -0.4 is 10.2 Å². The summed E-state index contributed by atoms with van der Waals surface area (Å²) in [6, 6.07) is 8.64. The number of urea groups is 1. The number of hydrogen-bond donors (Lipinski definition) is 1. The number of carbonyl (C=O) groups excluding carboxylic acids is 2. The summed E-state index contributed by atoms with van der Waals surface area (Å²) in [4.78, 5) is 24.5. The van der Waals surface area contributed by atoms with Crippen LogP contribution in [0.3, 0.4) is 0 Å². The maximum absolute atomic E-state index is 11.7. The van der Waals surface area contributed by atoms with Gasteiger partial charge in [0.15, 0.2) is 0 Å². The fourth-order valence-corrected chi connectivity index (χ4v) is 1.58. The average Bonchev–Trinajstić information content (AvgIpc) is 2.41. The molecule has 0 unspecified atom stereocenters. The number of nitrogens with zero attached hydrogens (tertiary/aromatic N) is 1. The van der Waals surface area contributed by atoms with Gasteiger partial charge in [-0.2, -0.15) is 0 Å². The highest BCUT2D eigenvalue weighted by molar-refractivity contribution is 6.14. The third-order valence-electron chi connectivity index (χ3n) is 2.31. The SMILES string of the molecule is O=C1CCCNC(=O)N1c1ccccc1. The summed E-state index contributed by atoms with van der Waals surface area (Å²) >= 11 is 0. The Kier molecular flexibility index (Phi) is 2.67. The van der Waals surface area contributed by atoms with E-state index < -0.39 is 0 Å². The lowest BCUT2D eigenvalue weighted by Gasteiger charge is -2.17. The first-order chi connectivity index (χ1) is 7.29. The van der Waals surface area contributed by atoms with E-state index in [1.807, 2.05) is 6.07 Å². The topological polar surface area (TPSA) is 49.4 Å². The van der Waals surface area contributed by atoms with E-state index in [2.05, 4.69) is 5.32 Å². The minimum atomic E-state index is -0.330. The van der Waals surface area contributed by atoms with E-state index in [-0.39, 0.29) is 11.9 Å². The van der Waals surface area contributed by atoms with Crippen LogP contribution in [0, 0.1) is 0 Å². The van der Waals surface area contributed by atoms with E-state index in [1.54, 1.807) is 24.3 Å². The molecule has 1 N–H and O–H groups in total. The zero-order valence-corrected chi connectivity index (χ0v) is 8.27. The standard InChI is InChI=1S/C11H12N2O2/c14-10-7-4-8-12-11(15)13(10)9-5-2-1-3-6-9/h1-3,5-6H,4,7-8H2,(H,12,15). The predicted molar refractivity (Wildman–Crippen MR) is 56.6 cm³/mol. The van der Waals surface area contributed by atoms with Gasteiger partial charge < -0.3 is 5.32 Å². The van der Waals surface area contributed by atoms with Crippen molar-refractivity contribution in [3.05, 3.63) is 30.3 Å². The van der Waals surface area contributed by atoms with Gasteiger partial charge in [-0.15, -0.1) is 0 Å². The van der Waals surface area contributed by atoms with Gasteiger partial charge in [0.05, 0.1) is 5.69 Å². The van der Waals surface area contributed by atoms with Gasteiger partial charge in [0.1, 0.15) is 0 Å². The molecule has 0 radical (unpaired) electrons. The van der Waals surface area contributed by atoms with Crippen molar-refractivity contribution in [3.8, 4) is 0 Å². The number of nitrogens with one attached hydrogen (secondary N) is 1. The van der Waals surface area contributed by atoms with Gasteiger partial charge in [-0.25, -0.2) is 9.69 Å². The number of amides is 3. The van der Waals surface area contributed by atoms with Crippen molar-refractivity contribution in [3.63, 3.8) is 0 Å². The number of anilines is 1. The summed E-state index contributed by atoms with van der Waals surface area (Å²) in [6.45, 7) is 0.563. The Morgan fingerprint density at radius 2 is 1.87 bits per heavy atom. The van der Waals surface area contributed by atoms with Crippen LogP contribution in [0.25, 0.3) is 0 Å². The number of imide groups is 1. The second kappa shape index (κ2) is 4.13. The molecule has 1 saturated heterocycles. The fraction of sp³-hybridized carbons (Fsp3) is 0.273. The highest BCUT2D eigenvalue weighted by Gasteiger charge is 2.24. The maximum Gasteiger partial charge on any atom is 0.328 e. The van der Waals surface area contributed by atoms with Gasteiger partial charge >= 0.3 is 6.03 Å². The van der Waals surface area contributed by atoms with Gasteiger partial charge in [-0.3, -0.25) is 4.79 Å². The van der Waals surface area contributed by atoms with Crippen molar-refractivity contribution in [2.45, 2.75) is 12.8 Å². The quantitative estimate of drug-likeness (QED) is 0.754. The minimum absolute atomic E-state index is 0.142. The van der Waals surface area contributed by atoms with E-state index >= 15 is 0 Å². The monoisotopic (exact) mass is 204 g/mol. The molecule has 3 amide bonds. The normalized spacial score (nSPS) is 17.2. The summed E-state index contributed by atoms with van der Waals surface area (Å²) in [7, 11) is 0. The van der Waals surface area contributed by atoms with Gasteiger partial charge in [0.25, 0.3) is 0 Å². The third-order valence-corrected chi connectivity index (χ3v) is 2.31. The van der Waals surface area contributed by atoms with Crippen LogP contribution in [0.1, 0.15) is 12.8 Å². The van der Waals surface area contributed by atoms with Crippen molar-refractivity contribution >= 4 is 17.6 Å². The minimum Gasteiger partial charge on any atom is -0.337 e. The number of carbonyl (C=O) groups is 2. The Morgan fingerprint density at radius 3 is 2.60 bits per heavy atom. The molecule has 1 aliphatic rings. The average molecular weight is 204 g/mol. The summed E-state index contributed by atoms with van der Waals surface area (Å²) < 4.78 is 0. The van der Waals surface area contributed by atoms with E-state index in [4.69, 9.17) is 0 Å². The van der Waals surface area contributed by atoms with Crippen molar-refractivity contribution in [1.29, 1.82) is 0 Å². The predicted octanol–water partition coefficient (Wildman–Crippen LogP) is 1.52. The van der Waals surface area contributed by atoms with E-state index in [9.17, 15) is 9.59 Å². The molecule has 0 atom stereocenters. The second-order valence-electron chi connectivity index (χ2n) is 3.40. The molecular weight excluding hydrogens is 192 g/mol. The molecule has 1 aromatic rings. The summed E-state index contributed by atoms with van der Waals surface area (Å²) in [5, 5.41) is 2.69. The maximum atomic E-state index is 11.7. The zero-order valence-electron chi connectivity index (χ0n) is 8.27. The van der Waals surface area contributed by atoms with E-state index in [0.717, 1.165) is 0 Å². The molecule has 4 nitrogen and oxygen atoms in total. The number of benzene rings is 1. The van der Waals surface area contributed by atoms with Crippen molar-refractivity contribution in [2.75, 3.05) is 11.4 Å². The van der Waals surface area contributed by atoms with Crippen molar-refractivity contribution < 1.29 is 9.59 Å². The molecule has 4 heteroatoms. The Bertz CT molecular complexity index is 357. The molecule has 2 rings (SSSR count). The Hall–Kier alpha value is -1.84. The van der Waals surface area contributed by atoms with E-state index in [0.29, 0.717) is 25.1 Å². The largest absolute Gasteiger partial charge is 0.337 e. The van der Waals surface area contributed by atoms with Crippen LogP contribution >= 0.6 is 0 Å². The first-order valence-electron chi connectivity index (χ1n) is 4.95. The molecule has 0 saturated carbocycles. The molecule has 0 aromatic heterocycles. The Morgan fingerprint density at radius 1 is 1.13 bits per heavy atom. The third kappa shape index (κ3) is 1.98. The van der Waals surface area contributed by atoms with Crippen molar-refractivity contribution in [2.24, 2.45) is 0 Å². The number of hydrogen-bond acceptors (Lipinski definition) is 2. The molecule has 78 valence electrons. The van der Waals surface area contributed by atoms with Gasteiger partial charge in [0, 0.05) is 13.0 Å². The smallest absolute Gasteiger partial charge is 0.328 e. The highest BCUT2D eigenvalue weighted by atomic mass is 16.2. The Balaban J connectivity index is 2.32. The molecular formula is C11H12N2O2. The van der Waals surface area contributed by atoms with Crippen LogP contribution in [-0.2, 0) is 4.79 Å². The molecule has 15 heavy (non-hydrogen) atoms. The summed E-state index contributed by atoms with van der Waals surface area (Å²) in [6.07, 6.45) is 1.11. The van der Waals surface area contributed by atoms with Crippen LogP contribution in [0.2, 0.25) is 0 Å². The van der Waals surface area contributed by atoms with Crippen LogP contribution in [-0.4, -0.2) is 18.5 Å². The summed E-state index contributed by atoms with van der Waals surface area (Å²) in [5.74, 6) is -0.142. The van der Waals surface area contributed by atoms with Gasteiger partial charge in [-0.05, 0) is 18.6 Å². The zero-order chi connectivity index (χ0) is 10.7. The molecule has 1 heterocycles.